The largest absolute Gasteiger partial charge is 0.386 e. The highest BCUT2D eigenvalue weighted by Crippen LogP contribution is 2.24. The summed E-state index contributed by atoms with van der Waals surface area (Å²) in [4.78, 5) is 4.21. The van der Waals surface area contributed by atoms with Gasteiger partial charge in [-0.05, 0) is 35.4 Å². The van der Waals surface area contributed by atoms with Crippen LogP contribution >= 0.6 is 11.6 Å². The van der Waals surface area contributed by atoms with Crippen LogP contribution in [0.4, 0.5) is 5.69 Å². The molecule has 0 saturated heterocycles. The summed E-state index contributed by atoms with van der Waals surface area (Å²) in [5.74, 6) is 0.597. The minimum Gasteiger partial charge on any atom is -0.386 e. The van der Waals surface area contributed by atoms with Crippen LogP contribution in [0.5, 0.6) is 0 Å². The quantitative estimate of drug-likeness (QED) is 0.527. The Morgan fingerprint density at radius 2 is 1.89 bits per heavy atom. The molecule has 94 valence electrons. The van der Waals surface area contributed by atoms with Crippen molar-refractivity contribution in [2.75, 3.05) is 5.88 Å². The van der Waals surface area contributed by atoms with Gasteiger partial charge >= 0.3 is 0 Å². The number of benzene rings is 2. The highest BCUT2D eigenvalue weighted by Gasteiger charge is 2.00. The summed E-state index contributed by atoms with van der Waals surface area (Å²) >= 11 is 5.61. The van der Waals surface area contributed by atoms with Crippen molar-refractivity contribution in [3.8, 4) is 17.2 Å². The standard InChI is InChI=1S/C15H12ClN3/c16-9-15(18)19-14-3-1-2-13(8-14)12-6-4-11(10-17)5-7-12/h1-8H,9H2,(H2,18,19). The average Bonchev–Trinajstić information content (AvgIpc) is 2.47. The number of amidine groups is 1. The highest BCUT2D eigenvalue weighted by molar-refractivity contribution is 6.28. The number of rotatable bonds is 3. The number of halogens is 1. The molecule has 0 unspecified atom stereocenters. The third-order valence-electron chi connectivity index (χ3n) is 2.60. The molecule has 0 bridgehead atoms. The first-order valence-electron chi connectivity index (χ1n) is 5.72. The molecule has 2 N–H and O–H groups in total. The van der Waals surface area contributed by atoms with Gasteiger partial charge in [0.25, 0.3) is 0 Å². The predicted molar refractivity (Wildman–Crippen MR) is 78.6 cm³/mol. The van der Waals surface area contributed by atoms with Crippen molar-refractivity contribution in [3.63, 3.8) is 0 Å². The molecule has 2 aromatic rings. The van der Waals surface area contributed by atoms with Gasteiger partial charge in [-0.15, -0.1) is 11.6 Å². The zero-order chi connectivity index (χ0) is 13.7. The van der Waals surface area contributed by atoms with Gasteiger partial charge in [-0.1, -0.05) is 24.3 Å². The summed E-state index contributed by atoms with van der Waals surface area (Å²) in [6.45, 7) is 0. The summed E-state index contributed by atoms with van der Waals surface area (Å²) in [5, 5.41) is 8.78. The number of nitrogens with two attached hydrogens (primary N) is 1. The summed E-state index contributed by atoms with van der Waals surface area (Å²) in [6, 6.07) is 17.2. The molecule has 4 heteroatoms. The Kier molecular flexibility index (Phi) is 4.17. The van der Waals surface area contributed by atoms with E-state index in [4.69, 9.17) is 22.6 Å². The molecule has 0 aliphatic carbocycles. The van der Waals surface area contributed by atoms with Gasteiger partial charge in [0, 0.05) is 0 Å². The Morgan fingerprint density at radius 1 is 1.16 bits per heavy atom. The first-order chi connectivity index (χ1) is 9.22. The number of hydrogen-bond acceptors (Lipinski definition) is 2. The van der Waals surface area contributed by atoms with Gasteiger partial charge in [0.15, 0.2) is 0 Å². The van der Waals surface area contributed by atoms with Crippen molar-refractivity contribution in [3.05, 3.63) is 54.1 Å². The van der Waals surface area contributed by atoms with Gasteiger partial charge in [0.2, 0.25) is 0 Å². The van der Waals surface area contributed by atoms with E-state index in [1.807, 2.05) is 36.4 Å². The number of nitrogens with zero attached hydrogens (tertiary/aromatic N) is 2. The number of nitriles is 1. The van der Waals surface area contributed by atoms with E-state index in [1.165, 1.54) is 0 Å². The second kappa shape index (κ2) is 6.03. The maximum atomic E-state index is 8.78. The summed E-state index contributed by atoms with van der Waals surface area (Å²) in [7, 11) is 0. The number of aliphatic imine (C=N–C) groups is 1. The maximum absolute atomic E-state index is 8.78. The summed E-state index contributed by atoms with van der Waals surface area (Å²) in [6.07, 6.45) is 0. The maximum Gasteiger partial charge on any atom is 0.115 e. The van der Waals surface area contributed by atoms with E-state index in [1.54, 1.807) is 12.1 Å². The molecule has 0 fully saturated rings. The topological polar surface area (TPSA) is 62.2 Å². The first kappa shape index (κ1) is 13.1. The lowest BCUT2D eigenvalue weighted by Gasteiger charge is -2.03. The van der Waals surface area contributed by atoms with Crippen molar-refractivity contribution in [1.29, 1.82) is 5.26 Å². The Hall–Kier alpha value is -2.31. The lowest BCUT2D eigenvalue weighted by Crippen LogP contribution is -2.12. The van der Waals surface area contributed by atoms with Crippen LogP contribution < -0.4 is 5.73 Å². The number of hydrogen-bond donors (Lipinski definition) is 1. The van der Waals surface area contributed by atoms with E-state index in [0.717, 1.165) is 16.8 Å². The second-order valence-corrected chi connectivity index (χ2v) is 4.24. The van der Waals surface area contributed by atoms with Crippen LogP contribution in [-0.4, -0.2) is 11.7 Å². The fourth-order valence-corrected chi connectivity index (χ4v) is 1.75. The molecule has 2 aromatic carbocycles. The molecule has 0 radical (unpaired) electrons. The molecular weight excluding hydrogens is 258 g/mol. The molecule has 0 aromatic heterocycles. The summed E-state index contributed by atoms with van der Waals surface area (Å²) < 4.78 is 0. The molecule has 0 spiro atoms. The van der Waals surface area contributed by atoms with Crippen molar-refractivity contribution in [1.82, 2.24) is 0 Å². The zero-order valence-corrected chi connectivity index (χ0v) is 10.9. The van der Waals surface area contributed by atoms with E-state index >= 15 is 0 Å². The number of alkyl halides is 1. The first-order valence-corrected chi connectivity index (χ1v) is 6.26. The highest BCUT2D eigenvalue weighted by atomic mass is 35.5. The average molecular weight is 270 g/mol. The molecular formula is C15H12ClN3. The van der Waals surface area contributed by atoms with Crippen molar-refractivity contribution < 1.29 is 0 Å². The minimum absolute atomic E-state index is 0.209. The van der Waals surface area contributed by atoms with Crippen LogP contribution in [-0.2, 0) is 0 Å². The molecule has 0 saturated carbocycles. The fourth-order valence-electron chi connectivity index (χ4n) is 1.69. The molecule has 2 rings (SSSR count). The second-order valence-electron chi connectivity index (χ2n) is 3.98. The summed E-state index contributed by atoms with van der Waals surface area (Å²) in [5.41, 5.74) is 9.07. The third-order valence-corrected chi connectivity index (χ3v) is 2.88. The van der Waals surface area contributed by atoms with Crippen molar-refractivity contribution >= 4 is 23.1 Å². The van der Waals surface area contributed by atoms with E-state index in [2.05, 4.69) is 11.1 Å². The van der Waals surface area contributed by atoms with Crippen LogP contribution in [0.2, 0.25) is 0 Å². The van der Waals surface area contributed by atoms with E-state index in [9.17, 15) is 0 Å². The van der Waals surface area contributed by atoms with E-state index in [-0.39, 0.29) is 5.88 Å². The van der Waals surface area contributed by atoms with Crippen molar-refractivity contribution in [2.24, 2.45) is 10.7 Å². The molecule has 0 atom stereocenters. The van der Waals surface area contributed by atoms with Crippen molar-refractivity contribution in [2.45, 2.75) is 0 Å². The Bertz CT molecular complexity index is 639. The molecule has 0 aliphatic heterocycles. The van der Waals surface area contributed by atoms with Gasteiger partial charge in [-0.25, -0.2) is 4.99 Å². The Morgan fingerprint density at radius 3 is 2.53 bits per heavy atom. The third kappa shape index (κ3) is 3.34. The van der Waals surface area contributed by atoms with Crippen LogP contribution in [0, 0.1) is 11.3 Å². The lowest BCUT2D eigenvalue weighted by atomic mass is 10.0. The van der Waals surface area contributed by atoms with Crippen LogP contribution in [0.25, 0.3) is 11.1 Å². The minimum atomic E-state index is 0.209. The van der Waals surface area contributed by atoms with Gasteiger partial charge in [0.1, 0.15) is 5.84 Å². The van der Waals surface area contributed by atoms with Crippen LogP contribution in [0.15, 0.2) is 53.5 Å². The lowest BCUT2D eigenvalue weighted by molar-refractivity contribution is 1.45. The molecule has 0 heterocycles. The zero-order valence-electron chi connectivity index (χ0n) is 10.2. The van der Waals surface area contributed by atoms with Gasteiger partial charge in [-0.2, -0.15) is 5.26 Å². The van der Waals surface area contributed by atoms with Gasteiger partial charge in [-0.3, -0.25) is 0 Å². The smallest absolute Gasteiger partial charge is 0.115 e. The van der Waals surface area contributed by atoms with Gasteiger partial charge < -0.3 is 5.73 Å². The normalized spacial score (nSPS) is 11.1. The fraction of sp³-hybridized carbons (Fsp3) is 0.0667. The molecule has 3 nitrogen and oxygen atoms in total. The van der Waals surface area contributed by atoms with Crippen LogP contribution in [0.1, 0.15) is 5.56 Å². The van der Waals surface area contributed by atoms with Gasteiger partial charge in [0.05, 0.1) is 23.2 Å². The predicted octanol–water partition coefficient (Wildman–Crippen LogP) is 3.45. The molecule has 0 amide bonds. The van der Waals surface area contributed by atoms with E-state index < -0.39 is 0 Å². The molecule has 19 heavy (non-hydrogen) atoms. The molecule has 0 aliphatic rings. The SMILES string of the molecule is N#Cc1ccc(-c2cccc(N=C(N)CCl)c2)cc1. The van der Waals surface area contributed by atoms with Crippen LogP contribution in [0.3, 0.4) is 0 Å². The Balaban J connectivity index is 2.35. The monoisotopic (exact) mass is 269 g/mol. The Labute approximate surface area is 117 Å². The van der Waals surface area contributed by atoms with E-state index in [0.29, 0.717) is 11.4 Å².